The van der Waals surface area contributed by atoms with Gasteiger partial charge in [-0.2, -0.15) is 4.31 Å². The zero-order chi connectivity index (χ0) is 15.9. The summed E-state index contributed by atoms with van der Waals surface area (Å²) in [6.07, 6.45) is 1.81. The van der Waals surface area contributed by atoms with Gasteiger partial charge in [-0.15, -0.1) is 10.2 Å². The van der Waals surface area contributed by atoms with Crippen LogP contribution in [0.25, 0.3) is 0 Å². The normalized spacial score (nSPS) is 14.5. The quantitative estimate of drug-likeness (QED) is 0.848. The summed E-state index contributed by atoms with van der Waals surface area (Å²) in [6.45, 7) is 0.818. The Balaban J connectivity index is 1.88. The molecule has 0 atom stereocenters. The molecular weight excluding hydrogens is 331 g/mol. The molecule has 1 aliphatic rings. The average Bonchev–Trinajstić information content (AvgIpc) is 3.03. The van der Waals surface area contributed by atoms with Gasteiger partial charge in [-0.05, 0) is 24.6 Å². The molecule has 1 aliphatic heterocycles. The molecule has 0 N–H and O–H groups in total. The number of fused-ring (bicyclic) bond motifs is 1. The monoisotopic (exact) mass is 344 g/mol. The molecule has 3 rings (SSSR count). The lowest BCUT2D eigenvalue weighted by Crippen LogP contribution is -2.28. The summed E-state index contributed by atoms with van der Waals surface area (Å²) in [4.78, 5) is -0.402. The Morgan fingerprint density at radius 2 is 2.18 bits per heavy atom. The highest BCUT2D eigenvalue weighted by molar-refractivity contribution is 7.89. The topological polar surface area (TPSA) is 68.1 Å². The number of hydrogen-bond acceptors (Lipinski definition) is 4. The van der Waals surface area contributed by atoms with Crippen molar-refractivity contribution >= 4 is 21.6 Å². The molecule has 0 unspecified atom stereocenters. The Morgan fingerprint density at radius 1 is 1.41 bits per heavy atom. The van der Waals surface area contributed by atoms with Crippen molar-refractivity contribution in [1.82, 2.24) is 19.1 Å². The van der Waals surface area contributed by atoms with Crippen LogP contribution in [0.5, 0.6) is 0 Å². The number of rotatable bonds is 4. The van der Waals surface area contributed by atoms with Crippen LogP contribution in [0.4, 0.5) is 4.39 Å². The van der Waals surface area contributed by atoms with E-state index in [2.05, 4.69) is 10.2 Å². The summed E-state index contributed by atoms with van der Waals surface area (Å²) in [5.74, 6) is 0.553. The molecule has 0 aliphatic carbocycles. The number of sulfonamides is 1. The number of aromatic nitrogens is 3. The molecule has 2 heterocycles. The molecule has 9 heteroatoms. The van der Waals surface area contributed by atoms with Crippen LogP contribution in [0.1, 0.15) is 18.1 Å². The van der Waals surface area contributed by atoms with Crippen molar-refractivity contribution in [2.24, 2.45) is 0 Å². The van der Waals surface area contributed by atoms with Crippen LogP contribution in [0.2, 0.25) is 5.02 Å². The number of hydrogen-bond donors (Lipinski definition) is 0. The van der Waals surface area contributed by atoms with E-state index < -0.39 is 20.7 Å². The van der Waals surface area contributed by atoms with Crippen LogP contribution in [-0.4, -0.2) is 34.5 Å². The van der Waals surface area contributed by atoms with Gasteiger partial charge >= 0.3 is 0 Å². The predicted molar refractivity (Wildman–Crippen MR) is 78.4 cm³/mol. The minimum absolute atomic E-state index is 0.0391. The SMILES string of the molecule is CN(Cc1nnc2n1CCC2)S(=O)(=O)c1ccc(Cl)cc1F. The molecule has 0 fully saturated rings. The third-order valence-electron chi connectivity index (χ3n) is 3.63. The fourth-order valence-electron chi connectivity index (χ4n) is 2.46. The van der Waals surface area contributed by atoms with E-state index in [0.29, 0.717) is 5.82 Å². The van der Waals surface area contributed by atoms with Crippen molar-refractivity contribution in [3.63, 3.8) is 0 Å². The highest BCUT2D eigenvalue weighted by Crippen LogP contribution is 2.23. The van der Waals surface area contributed by atoms with Crippen LogP contribution in [-0.2, 0) is 29.5 Å². The second-order valence-electron chi connectivity index (χ2n) is 5.12. The van der Waals surface area contributed by atoms with Gasteiger partial charge in [-0.1, -0.05) is 11.6 Å². The van der Waals surface area contributed by atoms with E-state index in [0.717, 1.165) is 41.6 Å². The largest absolute Gasteiger partial charge is 0.314 e. The second kappa shape index (κ2) is 5.60. The number of nitrogens with zero attached hydrogens (tertiary/aromatic N) is 4. The first-order chi connectivity index (χ1) is 10.4. The minimum Gasteiger partial charge on any atom is -0.314 e. The Labute approximate surface area is 132 Å². The zero-order valence-electron chi connectivity index (χ0n) is 11.8. The summed E-state index contributed by atoms with van der Waals surface area (Å²) in [6, 6.07) is 3.49. The molecule has 1 aromatic heterocycles. The van der Waals surface area contributed by atoms with E-state index in [1.54, 1.807) is 0 Å². The Bertz CT molecular complexity index is 821. The molecule has 0 amide bonds. The molecule has 0 radical (unpaired) electrons. The summed E-state index contributed by atoms with van der Waals surface area (Å²) in [5.41, 5.74) is 0. The van der Waals surface area contributed by atoms with Crippen LogP contribution < -0.4 is 0 Å². The lowest BCUT2D eigenvalue weighted by atomic mass is 10.3. The van der Waals surface area contributed by atoms with Crippen molar-refractivity contribution in [2.45, 2.75) is 30.8 Å². The number of benzene rings is 1. The maximum atomic E-state index is 13.9. The molecule has 118 valence electrons. The van der Waals surface area contributed by atoms with E-state index in [9.17, 15) is 12.8 Å². The zero-order valence-corrected chi connectivity index (χ0v) is 13.4. The molecule has 0 spiro atoms. The van der Waals surface area contributed by atoms with Crippen molar-refractivity contribution in [1.29, 1.82) is 0 Å². The summed E-state index contributed by atoms with van der Waals surface area (Å²) >= 11 is 5.66. The first-order valence-corrected chi connectivity index (χ1v) is 8.54. The molecular formula is C13H14ClFN4O2S. The van der Waals surface area contributed by atoms with E-state index in [-0.39, 0.29) is 11.6 Å². The van der Waals surface area contributed by atoms with E-state index in [1.165, 1.54) is 13.1 Å². The Morgan fingerprint density at radius 3 is 2.91 bits per heavy atom. The lowest BCUT2D eigenvalue weighted by Gasteiger charge is -2.17. The maximum Gasteiger partial charge on any atom is 0.246 e. The van der Waals surface area contributed by atoms with Gasteiger partial charge in [0, 0.05) is 25.0 Å². The van der Waals surface area contributed by atoms with Crippen molar-refractivity contribution < 1.29 is 12.8 Å². The third-order valence-corrected chi connectivity index (χ3v) is 5.70. The van der Waals surface area contributed by atoms with Gasteiger partial charge < -0.3 is 4.57 Å². The molecule has 22 heavy (non-hydrogen) atoms. The molecule has 0 saturated carbocycles. The first kappa shape index (κ1) is 15.4. The van der Waals surface area contributed by atoms with Gasteiger partial charge in [0.05, 0.1) is 6.54 Å². The molecule has 1 aromatic carbocycles. The fraction of sp³-hybridized carbons (Fsp3) is 0.385. The number of aryl methyl sites for hydroxylation is 1. The van der Waals surface area contributed by atoms with Gasteiger partial charge in [-0.25, -0.2) is 12.8 Å². The van der Waals surface area contributed by atoms with E-state index in [4.69, 9.17) is 11.6 Å². The summed E-state index contributed by atoms with van der Waals surface area (Å²) in [5, 5.41) is 8.19. The van der Waals surface area contributed by atoms with Gasteiger partial charge in [-0.3, -0.25) is 0 Å². The Kier molecular flexibility index (Phi) is 3.92. The predicted octanol–water partition coefficient (Wildman–Crippen LogP) is 1.84. The van der Waals surface area contributed by atoms with Gasteiger partial charge in [0.1, 0.15) is 22.4 Å². The van der Waals surface area contributed by atoms with Crippen molar-refractivity contribution in [3.05, 3.63) is 40.7 Å². The average molecular weight is 345 g/mol. The fourth-order valence-corrected chi connectivity index (χ4v) is 3.79. The van der Waals surface area contributed by atoms with Crippen molar-refractivity contribution in [3.8, 4) is 0 Å². The minimum atomic E-state index is -3.96. The van der Waals surface area contributed by atoms with Crippen molar-refractivity contribution in [2.75, 3.05) is 7.05 Å². The van der Waals surface area contributed by atoms with Gasteiger partial charge in [0.15, 0.2) is 0 Å². The highest BCUT2D eigenvalue weighted by Gasteiger charge is 2.27. The molecule has 6 nitrogen and oxygen atoms in total. The smallest absolute Gasteiger partial charge is 0.246 e. The molecule has 0 bridgehead atoms. The lowest BCUT2D eigenvalue weighted by molar-refractivity contribution is 0.442. The van der Waals surface area contributed by atoms with Crippen LogP contribution in [0, 0.1) is 5.82 Å². The summed E-state index contributed by atoms with van der Waals surface area (Å²) < 4.78 is 41.8. The van der Waals surface area contributed by atoms with E-state index in [1.807, 2.05) is 4.57 Å². The first-order valence-electron chi connectivity index (χ1n) is 6.72. The van der Waals surface area contributed by atoms with Crippen LogP contribution in [0.3, 0.4) is 0 Å². The Hall–Kier alpha value is -1.51. The molecule has 0 saturated heterocycles. The van der Waals surface area contributed by atoms with Gasteiger partial charge in [0.2, 0.25) is 10.0 Å². The van der Waals surface area contributed by atoms with E-state index >= 15 is 0 Å². The molecule has 2 aromatic rings. The number of halogens is 2. The maximum absolute atomic E-state index is 13.9. The van der Waals surface area contributed by atoms with Gasteiger partial charge in [0.25, 0.3) is 0 Å². The highest BCUT2D eigenvalue weighted by atomic mass is 35.5. The third kappa shape index (κ3) is 2.62. The summed E-state index contributed by atoms with van der Waals surface area (Å²) in [7, 11) is -2.57. The second-order valence-corrected chi connectivity index (χ2v) is 7.57. The van der Waals surface area contributed by atoms with Crippen LogP contribution in [0.15, 0.2) is 23.1 Å². The van der Waals surface area contributed by atoms with Crippen LogP contribution >= 0.6 is 11.6 Å². The standard InChI is InChI=1S/C13H14ClFN4O2S/c1-18(8-13-17-16-12-3-2-6-19(12)13)22(20,21)11-5-4-9(14)7-10(11)15/h4-5,7H,2-3,6,8H2,1H3.